The van der Waals surface area contributed by atoms with Gasteiger partial charge in [-0.1, -0.05) is 23.8 Å². The van der Waals surface area contributed by atoms with Crippen LogP contribution in [0.15, 0.2) is 53.3 Å². The Labute approximate surface area is 191 Å². The van der Waals surface area contributed by atoms with Crippen LogP contribution in [-0.4, -0.2) is 38.3 Å². The van der Waals surface area contributed by atoms with Gasteiger partial charge in [0, 0.05) is 5.52 Å². The van der Waals surface area contributed by atoms with Crippen LogP contribution in [-0.2, 0) is 6.54 Å². The van der Waals surface area contributed by atoms with Gasteiger partial charge in [0.2, 0.25) is 5.82 Å². The van der Waals surface area contributed by atoms with E-state index in [1.807, 2.05) is 25.1 Å². The molecule has 8 heteroatoms. The molecule has 0 aliphatic carbocycles. The van der Waals surface area contributed by atoms with E-state index in [9.17, 15) is 9.18 Å². The number of tetrazole rings is 1. The van der Waals surface area contributed by atoms with E-state index in [0.717, 1.165) is 48.0 Å². The molecule has 0 amide bonds. The smallest absolute Gasteiger partial charge is 0.258 e. The van der Waals surface area contributed by atoms with Crippen molar-refractivity contribution in [1.82, 2.24) is 25.2 Å². The summed E-state index contributed by atoms with van der Waals surface area (Å²) in [5, 5.41) is 13.6. The van der Waals surface area contributed by atoms with Gasteiger partial charge in [0.05, 0.1) is 25.2 Å². The predicted octanol–water partition coefficient (Wildman–Crippen LogP) is 2.56. The Hall–Kier alpha value is -3.39. The highest BCUT2D eigenvalue weighted by molar-refractivity contribution is 5.79. The van der Waals surface area contributed by atoms with Gasteiger partial charge in [-0.25, -0.2) is 9.07 Å². The number of fused-ring (bicyclic) bond motifs is 1. The van der Waals surface area contributed by atoms with Crippen molar-refractivity contribution in [2.75, 3.05) is 13.1 Å². The number of aromatic nitrogens is 5. The lowest BCUT2D eigenvalue weighted by Gasteiger charge is -2.26. The first-order chi connectivity index (χ1) is 16.1. The molecular formula is C25H28FN6O+. The van der Waals surface area contributed by atoms with Gasteiger partial charge in [-0.15, -0.1) is 5.10 Å². The average molecular weight is 448 g/mol. The fourth-order valence-electron chi connectivity index (χ4n) is 4.86. The molecule has 1 atom stereocenters. The number of hydrogen-bond donors (Lipinski definition) is 2. The third-order valence-corrected chi connectivity index (χ3v) is 6.56. The van der Waals surface area contributed by atoms with Gasteiger partial charge < -0.3 is 9.88 Å². The Bertz CT molecular complexity index is 1300. The minimum atomic E-state index is -0.285. The first-order valence-corrected chi connectivity index (χ1v) is 11.6. The van der Waals surface area contributed by atoms with Gasteiger partial charge >= 0.3 is 0 Å². The van der Waals surface area contributed by atoms with Crippen LogP contribution in [0.5, 0.6) is 0 Å². The normalized spacial score (nSPS) is 16.1. The van der Waals surface area contributed by atoms with Gasteiger partial charge in [0.25, 0.3) is 5.56 Å². The van der Waals surface area contributed by atoms with Crippen molar-refractivity contribution in [3.05, 3.63) is 87.2 Å². The zero-order valence-electron chi connectivity index (χ0n) is 18.7. The van der Waals surface area contributed by atoms with E-state index in [0.29, 0.717) is 17.9 Å². The topological polar surface area (TPSA) is 80.9 Å². The van der Waals surface area contributed by atoms with Gasteiger partial charge in [-0.2, -0.15) is 0 Å². The molecule has 1 aliphatic heterocycles. The second kappa shape index (κ2) is 9.23. The summed E-state index contributed by atoms with van der Waals surface area (Å²) in [6.07, 6.45) is 4.61. The van der Waals surface area contributed by atoms with Gasteiger partial charge in [-0.05, 0) is 84.3 Å². The number of pyridine rings is 1. The highest BCUT2D eigenvalue weighted by Crippen LogP contribution is 2.21. The number of halogens is 1. The predicted molar refractivity (Wildman–Crippen MR) is 124 cm³/mol. The second-order valence-electron chi connectivity index (χ2n) is 8.97. The lowest BCUT2D eigenvalue weighted by Crippen LogP contribution is -3.12. The molecule has 2 aromatic heterocycles. The third kappa shape index (κ3) is 4.57. The minimum absolute atomic E-state index is 0.107. The third-order valence-electron chi connectivity index (χ3n) is 6.56. The number of H-pyrrole nitrogens is 1. The number of aromatic amines is 1. The van der Waals surface area contributed by atoms with Crippen LogP contribution in [0.3, 0.4) is 0 Å². The van der Waals surface area contributed by atoms with Crippen LogP contribution >= 0.6 is 0 Å². The van der Waals surface area contributed by atoms with E-state index in [2.05, 4.69) is 26.6 Å². The van der Waals surface area contributed by atoms with Crippen LogP contribution in [0.25, 0.3) is 10.9 Å². The largest absolute Gasteiger partial charge is 0.322 e. The zero-order valence-corrected chi connectivity index (χ0v) is 18.7. The Balaban J connectivity index is 1.61. The molecular weight excluding hydrogens is 419 g/mol. The number of benzene rings is 2. The molecule has 0 radical (unpaired) electrons. The zero-order chi connectivity index (χ0) is 22.8. The van der Waals surface area contributed by atoms with Crippen molar-refractivity contribution in [2.45, 2.75) is 45.2 Å². The summed E-state index contributed by atoms with van der Waals surface area (Å²) in [6.45, 7) is 4.38. The number of aryl methyl sites for hydroxylation is 1. The second-order valence-corrected chi connectivity index (χ2v) is 8.97. The number of rotatable bonds is 5. The van der Waals surface area contributed by atoms with E-state index in [4.69, 9.17) is 0 Å². The molecule has 2 N–H and O–H groups in total. The minimum Gasteiger partial charge on any atom is -0.322 e. The molecule has 0 unspecified atom stereocenters. The van der Waals surface area contributed by atoms with Crippen molar-refractivity contribution < 1.29 is 9.29 Å². The molecule has 33 heavy (non-hydrogen) atoms. The maximum atomic E-state index is 13.4. The lowest BCUT2D eigenvalue weighted by atomic mass is 10.0. The van der Waals surface area contributed by atoms with Crippen molar-refractivity contribution in [3.8, 4) is 0 Å². The number of likely N-dealkylation sites (tertiary alicyclic amines) is 1. The van der Waals surface area contributed by atoms with Crippen molar-refractivity contribution in [1.29, 1.82) is 0 Å². The van der Waals surface area contributed by atoms with Crippen LogP contribution < -0.4 is 10.5 Å². The van der Waals surface area contributed by atoms with E-state index in [1.165, 1.54) is 29.9 Å². The molecule has 4 aromatic rings. The van der Waals surface area contributed by atoms with Gasteiger partial charge in [-0.3, -0.25) is 4.79 Å². The summed E-state index contributed by atoms with van der Waals surface area (Å²) in [7, 11) is 0. The van der Waals surface area contributed by atoms with Gasteiger partial charge in [0.1, 0.15) is 5.82 Å². The van der Waals surface area contributed by atoms with E-state index >= 15 is 0 Å². The molecule has 1 aliphatic rings. The molecule has 1 saturated heterocycles. The number of nitrogens with one attached hydrogen (secondary N) is 2. The molecule has 0 spiro atoms. The molecule has 1 fully saturated rings. The van der Waals surface area contributed by atoms with Crippen LogP contribution in [0.1, 0.15) is 54.2 Å². The highest BCUT2D eigenvalue weighted by atomic mass is 19.1. The standard InChI is InChI=1S/C25H27FN6O/c1-17-6-11-22-19(14-17)15-21(25(33)27-22)23(31-12-4-2-3-5-13-31)24-28-29-30-32(24)16-18-7-9-20(26)10-8-18/h6-11,14-15,23H,2-5,12-13,16H2,1H3,(H,27,33)/p+1/t23-/m1/s1. The summed E-state index contributed by atoms with van der Waals surface area (Å²) in [4.78, 5) is 17.7. The average Bonchev–Trinajstić information content (AvgIpc) is 3.08. The van der Waals surface area contributed by atoms with Crippen molar-refractivity contribution in [3.63, 3.8) is 0 Å². The maximum absolute atomic E-state index is 13.4. The first kappa shape index (κ1) is 21.5. The lowest BCUT2D eigenvalue weighted by molar-refractivity contribution is -0.925. The summed E-state index contributed by atoms with van der Waals surface area (Å²) in [5.41, 5.74) is 3.44. The first-order valence-electron chi connectivity index (χ1n) is 11.6. The number of hydrogen-bond acceptors (Lipinski definition) is 4. The van der Waals surface area contributed by atoms with Crippen molar-refractivity contribution in [2.24, 2.45) is 0 Å². The van der Waals surface area contributed by atoms with Crippen LogP contribution in [0, 0.1) is 12.7 Å². The number of quaternary nitrogens is 1. The molecule has 5 rings (SSSR count). The Morgan fingerprint density at radius 1 is 1.06 bits per heavy atom. The summed E-state index contributed by atoms with van der Waals surface area (Å²) < 4.78 is 15.1. The quantitative estimate of drug-likeness (QED) is 0.493. The Morgan fingerprint density at radius 2 is 1.82 bits per heavy atom. The number of nitrogens with zero attached hydrogens (tertiary/aromatic N) is 4. The van der Waals surface area contributed by atoms with E-state index < -0.39 is 0 Å². The van der Waals surface area contributed by atoms with Crippen molar-refractivity contribution >= 4 is 10.9 Å². The van der Waals surface area contributed by atoms with Crippen LogP contribution in [0.2, 0.25) is 0 Å². The molecule has 2 aromatic carbocycles. The summed E-state index contributed by atoms with van der Waals surface area (Å²) in [6, 6.07) is 14.1. The fraction of sp³-hybridized carbons (Fsp3) is 0.360. The monoisotopic (exact) mass is 447 g/mol. The fourth-order valence-corrected chi connectivity index (χ4v) is 4.86. The Morgan fingerprint density at radius 3 is 2.58 bits per heavy atom. The molecule has 0 bridgehead atoms. The SMILES string of the molecule is Cc1ccc2[nH]c(=O)c([C@H](c3nnnn3Cc3ccc(F)cc3)[NH+]3CCCCCC3)cc2c1. The van der Waals surface area contributed by atoms with Crippen LogP contribution in [0.4, 0.5) is 4.39 Å². The maximum Gasteiger partial charge on any atom is 0.258 e. The molecule has 170 valence electrons. The molecule has 0 saturated carbocycles. The highest BCUT2D eigenvalue weighted by Gasteiger charge is 2.34. The summed E-state index contributed by atoms with van der Waals surface area (Å²) in [5.74, 6) is 0.384. The molecule has 7 nitrogen and oxygen atoms in total. The Kier molecular flexibility index (Phi) is 6.00. The summed E-state index contributed by atoms with van der Waals surface area (Å²) >= 11 is 0. The van der Waals surface area contributed by atoms with E-state index in [1.54, 1.807) is 16.8 Å². The van der Waals surface area contributed by atoms with Gasteiger partial charge in [0.15, 0.2) is 6.04 Å². The molecule has 3 heterocycles. The van der Waals surface area contributed by atoms with E-state index in [-0.39, 0.29) is 17.4 Å².